The summed E-state index contributed by atoms with van der Waals surface area (Å²) in [7, 11) is 3.05. The second-order valence-electron chi connectivity index (χ2n) is 5.18. The largest absolute Gasteiger partial charge is 0.484 e. The van der Waals surface area contributed by atoms with E-state index in [1.165, 1.54) is 7.11 Å². The quantitative estimate of drug-likeness (QED) is 0.709. The van der Waals surface area contributed by atoms with Crippen LogP contribution >= 0.6 is 15.9 Å². The normalized spacial score (nSPS) is 10.1. The Kier molecular flexibility index (Phi) is 6.37. The van der Waals surface area contributed by atoms with Gasteiger partial charge in [0.2, 0.25) is 0 Å². The lowest BCUT2D eigenvalue weighted by Gasteiger charge is -2.17. The maximum absolute atomic E-state index is 12.1. The number of carbonyl (C=O) groups is 2. The first-order valence-electron chi connectivity index (χ1n) is 7.29. The molecule has 0 fully saturated rings. The Morgan fingerprint density at radius 3 is 2.25 bits per heavy atom. The van der Waals surface area contributed by atoms with Gasteiger partial charge in [0.05, 0.1) is 12.7 Å². The third kappa shape index (κ3) is 5.09. The van der Waals surface area contributed by atoms with Crippen molar-refractivity contribution in [3.8, 4) is 5.75 Å². The number of rotatable bonds is 6. The highest BCUT2D eigenvalue weighted by molar-refractivity contribution is 9.10. The maximum atomic E-state index is 12.1. The van der Waals surface area contributed by atoms with Crippen molar-refractivity contribution in [1.29, 1.82) is 0 Å². The van der Waals surface area contributed by atoms with E-state index in [1.54, 1.807) is 48.3 Å². The lowest BCUT2D eigenvalue weighted by atomic mass is 10.1. The molecule has 0 aliphatic carbocycles. The topological polar surface area (TPSA) is 55.8 Å². The average molecular weight is 392 g/mol. The van der Waals surface area contributed by atoms with Crippen LogP contribution in [0.15, 0.2) is 53.0 Å². The van der Waals surface area contributed by atoms with Gasteiger partial charge in [0.15, 0.2) is 6.61 Å². The molecule has 1 amide bonds. The number of hydrogen-bond acceptors (Lipinski definition) is 4. The fourth-order valence-electron chi connectivity index (χ4n) is 2.01. The van der Waals surface area contributed by atoms with E-state index >= 15 is 0 Å². The molecule has 0 N–H and O–H groups in total. The van der Waals surface area contributed by atoms with Crippen LogP contribution in [0.4, 0.5) is 0 Å². The molecule has 2 aromatic carbocycles. The first kappa shape index (κ1) is 18.0. The Morgan fingerprint density at radius 2 is 1.67 bits per heavy atom. The highest BCUT2D eigenvalue weighted by Crippen LogP contribution is 2.16. The van der Waals surface area contributed by atoms with Crippen LogP contribution in [0.5, 0.6) is 5.75 Å². The molecule has 0 saturated carbocycles. The third-order valence-electron chi connectivity index (χ3n) is 3.40. The number of nitrogens with zero attached hydrogens (tertiary/aromatic N) is 1. The summed E-state index contributed by atoms with van der Waals surface area (Å²) in [5, 5.41) is 0. The lowest BCUT2D eigenvalue weighted by Crippen LogP contribution is -2.30. The molecule has 0 aliphatic rings. The summed E-state index contributed by atoms with van der Waals surface area (Å²) >= 11 is 3.34. The minimum Gasteiger partial charge on any atom is -0.484 e. The Morgan fingerprint density at radius 1 is 1.04 bits per heavy atom. The summed E-state index contributed by atoms with van der Waals surface area (Å²) in [4.78, 5) is 25.1. The Labute approximate surface area is 149 Å². The van der Waals surface area contributed by atoms with E-state index in [9.17, 15) is 9.59 Å². The van der Waals surface area contributed by atoms with Gasteiger partial charge in [-0.25, -0.2) is 4.79 Å². The van der Waals surface area contributed by atoms with E-state index in [2.05, 4.69) is 20.7 Å². The Hall–Kier alpha value is -2.34. The zero-order valence-corrected chi connectivity index (χ0v) is 15.1. The molecule has 0 unspecified atom stereocenters. The molecule has 2 rings (SSSR count). The predicted molar refractivity (Wildman–Crippen MR) is 93.9 cm³/mol. The van der Waals surface area contributed by atoms with Gasteiger partial charge >= 0.3 is 5.97 Å². The van der Waals surface area contributed by atoms with Crippen molar-refractivity contribution >= 4 is 27.8 Å². The third-order valence-corrected chi connectivity index (χ3v) is 3.93. The molecule has 0 spiro atoms. The summed E-state index contributed by atoms with van der Waals surface area (Å²) in [6.07, 6.45) is 0. The van der Waals surface area contributed by atoms with Crippen LogP contribution in [-0.2, 0) is 16.1 Å². The van der Waals surface area contributed by atoms with Crippen LogP contribution in [0.3, 0.4) is 0 Å². The van der Waals surface area contributed by atoms with Crippen molar-refractivity contribution in [3.63, 3.8) is 0 Å². The molecule has 0 radical (unpaired) electrons. The molecule has 0 aliphatic heterocycles. The van der Waals surface area contributed by atoms with Crippen LogP contribution in [-0.4, -0.2) is 37.5 Å². The van der Waals surface area contributed by atoms with Gasteiger partial charge in [-0.15, -0.1) is 0 Å². The number of amides is 1. The molecule has 6 heteroatoms. The number of hydrogen-bond donors (Lipinski definition) is 0. The predicted octanol–water partition coefficient (Wildman–Crippen LogP) is 3.27. The van der Waals surface area contributed by atoms with E-state index < -0.39 is 0 Å². The van der Waals surface area contributed by atoms with Crippen molar-refractivity contribution in [1.82, 2.24) is 4.90 Å². The van der Waals surface area contributed by atoms with Gasteiger partial charge in [-0.1, -0.05) is 28.1 Å². The number of halogens is 1. The number of methoxy groups -OCH3 is 1. The molecule has 24 heavy (non-hydrogen) atoms. The highest BCUT2D eigenvalue weighted by atomic mass is 79.9. The van der Waals surface area contributed by atoms with E-state index in [1.807, 2.05) is 12.1 Å². The highest BCUT2D eigenvalue weighted by Gasteiger charge is 2.11. The Balaban J connectivity index is 1.86. The van der Waals surface area contributed by atoms with E-state index in [0.29, 0.717) is 17.9 Å². The van der Waals surface area contributed by atoms with E-state index in [4.69, 9.17) is 4.74 Å². The van der Waals surface area contributed by atoms with Crippen LogP contribution in [0, 0.1) is 0 Å². The number of likely N-dealkylation sites (N-methyl/N-ethyl adjacent to an activating group) is 1. The molecule has 126 valence electrons. The van der Waals surface area contributed by atoms with Gasteiger partial charge in [-0.3, -0.25) is 4.79 Å². The molecule has 0 bridgehead atoms. The number of esters is 1. The fraction of sp³-hybridized carbons (Fsp3) is 0.222. The van der Waals surface area contributed by atoms with Gasteiger partial charge < -0.3 is 14.4 Å². The maximum Gasteiger partial charge on any atom is 0.337 e. The fourth-order valence-corrected chi connectivity index (χ4v) is 2.28. The molecular formula is C18H18BrNO4. The molecule has 2 aromatic rings. The molecule has 0 saturated heterocycles. The van der Waals surface area contributed by atoms with Gasteiger partial charge in [0, 0.05) is 18.1 Å². The SMILES string of the molecule is COC(=O)c1ccc(CN(C)C(=O)COc2ccc(Br)cc2)cc1. The van der Waals surface area contributed by atoms with Crippen molar-refractivity contribution in [2.75, 3.05) is 20.8 Å². The van der Waals surface area contributed by atoms with Crippen LogP contribution in [0.2, 0.25) is 0 Å². The summed E-state index contributed by atoms with van der Waals surface area (Å²) in [6.45, 7) is 0.405. The second-order valence-corrected chi connectivity index (χ2v) is 6.10. The molecule has 0 atom stereocenters. The molecule has 0 aromatic heterocycles. The van der Waals surface area contributed by atoms with Crippen molar-refractivity contribution in [2.45, 2.75) is 6.54 Å². The lowest BCUT2D eigenvalue weighted by molar-refractivity contribution is -0.132. The van der Waals surface area contributed by atoms with Crippen molar-refractivity contribution in [2.24, 2.45) is 0 Å². The minimum absolute atomic E-state index is 0.0294. The van der Waals surface area contributed by atoms with Gasteiger partial charge in [-0.2, -0.15) is 0 Å². The van der Waals surface area contributed by atoms with Crippen molar-refractivity contribution < 1.29 is 19.1 Å². The average Bonchev–Trinajstić information content (AvgIpc) is 2.60. The van der Waals surface area contributed by atoms with Crippen LogP contribution < -0.4 is 4.74 Å². The number of carbonyl (C=O) groups excluding carboxylic acids is 2. The summed E-state index contributed by atoms with van der Waals surface area (Å²) in [5.41, 5.74) is 1.40. The summed E-state index contributed by atoms with van der Waals surface area (Å²) in [5.74, 6) is 0.131. The standard InChI is InChI=1S/C18H18BrNO4/c1-20(11-13-3-5-14(6-4-13)18(22)23-2)17(21)12-24-16-9-7-15(19)8-10-16/h3-10H,11-12H2,1-2H3. The summed E-state index contributed by atoms with van der Waals surface area (Å²) in [6, 6.07) is 14.2. The zero-order chi connectivity index (χ0) is 17.5. The van der Waals surface area contributed by atoms with E-state index in [-0.39, 0.29) is 18.5 Å². The Bertz CT molecular complexity index is 698. The monoisotopic (exact) mass is 391 g/mol. The van der Waals surface area contributed by atoms with Gasteiger partial charge in [0.25, 0.3) is 5.91 Å². The van der Waals surface area contributed by atoms with Gasteiger partial charge in [0.1, 0.15) is 5.75 Å². The van der Waals surface area contributed by atoms with Crippen LogP contribution in [0.25, 0.3) is 0 Å². The molecular weight excluding hydrogens is 374 g/mol. The van der Waals surface area contributed by atoms with E-state index in [0.717, 1.165) is 10.0 Å². The number of benzene rings is 2. The summed E-state index contributed by atoms with van der Waals surface area (Å²) < 4.78 is 11.1. The molecule has 5 nitrogen and oxygen atoms in total. The first-order valence-corrected chi connectivity index (χ1v) is 8.08. The molecule has 0 heterocycles. The smallest absolute Gasteiger partial charge is 0.337 e. The van der Waals surface area contributed by atoms with Crippen LogP contribution in [0.1, 0.15) is 15.9 Å². The minimum atomic E-state index is -0.381. The van der Waals surface area contributed by atoms with Gasteiger partial charge in [-0.05, 0) is 42.0 Å². The number of ether oxygens (including phenoxy) is 2. The van der Waals surface area contributed by atoms with Crippen molar-refractivity contribution in [3.05, 3.63) is 64.1 Å². The first-order chi connectivity index (χ1) is 11.5. The zero-order valence-electron chi connectivity index (χ0n) is 13.5. The second kappa shape index (κ2) is 8.49.